The van der Waals surface area contributed by atoms with Crippen molar-refractivity contribution in [1.29, 1.82) is 5.26 Å². The van der Waals surface area contributed by atoms with Gasteiger partial charge in [0.2, 0.25) is 0 Å². The van der Waals surface area contributed by atoms with Crippen LogP contribution in [0.15, 0.2) is 18.2 Å². The van der Waals surface area contributed by atoms with Gasteiger partial charge in [-0.15, -0.1) is 0 Å². The molecule has 2 nitrogen and oxygen atoms in total. The lowest BCUT2D eigenvalue weighted by Gasteiger charge is -2.27. The molecule has 0 radical (unpaired) electrons. The molecule has 0 heterocycles. The van der Waals surface area contributed by atoms with Gasteiger partial charge < -0.3 is 4.90 Å². The number of nitriles is 1. The minimum absolute atomic E-state index is 0.612. The number of rotatable bonds is 5. The summed E-state index contributed by atoms with van der Waals surface area (Å²) in [6, 6.07) is 7.66. The van der Waals surface area contributed by atoms with E-state index in [4.69, 9.17) is 16.9 Å². The first kappa shape index (κ1) is 13.9. The maximum atomic E-state index is 9.13. The average Bonchev–Trinajstić information content (AvgIpc) is 2.35. The summed E-state index contributed by atoms with van der Waals surface area (Å²) in [5.41, 5.74) is 1.64. The zero-order chi connectivity index (χ0) is 12.8. The molecule has 0 saturated heterocycles. The van der Waals surface area contributed by atoms with Crippen LogP contribution in [0.5, 0.6) is 0 Å². The van der Waals surface area contributed by atoms with Crippen molar-refractivity contribution in [3.05, 3.63) is 28.8 Å². The quantitative estimate of drug-likeness (QED) is 0.787. The molecule has 0 saturated carbocycles. The molecular formula is C14H19ClN2. The Kier molecular flexibility index (Phi) is 5.31. The van der Waals surface area contributed by atoms with Crippen LogP contribution in [-0.4, -0.2) is 13.1 Å². The minimum atomic E-state index is 0.612. The van der Waals surface area contributed by atoms with E-state index in [1.54, 1.807) is 12.1 Å². The second kappa shape index (κ2) is 6.51. The normalized spacial score (nSPS) is 11.9. The van der Waals surface area contributed by atoms with Crippen molar-refractivity contribution in [1.82, 2.24) is 0 Å². The lowest BCUT2D eigenvalue weighted by molar-refractivity contribution is 0.548. The summed E-state index contributed by atoms with van der Waals surface area (Å²) in [4.78, 5) is 2.22. The Morgan fingerprint density at radius 3 is 2.65 bits per heavy atom. The van der Waals surface area contributed by atoms with Crippen LogP contribution in [0.1, 0.15) is 32.8 Å². The molecule has 0 spiro atoms. The van der Waals surface area contributed by atoms with Gasteiger partial charge in [0.1, 0.15) is 6.07 Å². The van der Waals surface area contributed by atoms with Crippen LogP contribution >= 0.6 is 11.6 Å². The van der Waals surface area contributed by atoms with Crippen LogP contribution < -0.4 is 4.90 Å². The second-order valence-corrected chi connectivity index (χ2v) is 4.76. The summed E-state index contributed by atoms with van der Waals surface area (Å²) in [6.07, 6.45) is 1.14. The smallest absolute Gasteiger partial charge is 0.101 e. The van der Waals surface area contributed by atoms with Crippen molar-refractivity contribution in [3.8, 4) is 6.07 Å². The molecule has 0 N–H and O–H groups in total. The number of anilines is 1. The van der Waals surface area contributed by atoms with E-state index in [1.807, 2.05) is 6.07 Å². The monoisotopic (exact) mass is 250 g/mol. The molecule has 0 aliphatic heterocycles. The van der Waals surface area contributed by atoms with E-state index in [1.165, 1.54) is 0 Å². The van der Waals surface area contributed by atoms with Crippen molar-refractivity contribution in [2.45, 2.75) is 27.2 Å². The van der Waals surface area contributed by atoms with Gasteiger partial charge in [-0.1, -0.05) is 31.9 Å². The van der Waals surface area contributed by atoms with Crippen LogP contribution in [0, 0.1) is 17.2 Å². The molecule has 0 bridgehead atoms. The topological polar surface area (TPSA) is 27.0 Å². The third-order valence-corrected chi connectivity index (χ3v) is 3.27. The van der Waals surface area contributed by atoms with Crippen molar-refractivity contribution >= 4 is 17.3 Å². The van der Waals surface area contributed by atoms with Gasteiger partial charge in [-0.2, -0.15) is 5.26 Å². The Morgan fingerprint density at radius 2 is 2.12 bits per heavy atom. The summed E-state index contributed by atoms with van der Waals surface area (Å²) >= 11 is 6.01. The van der Waals surface area contributed by atoms with Gasteiger partial charge in [0.15, 0.2) is 0 Å². The number of benzene rings is 1. The third-order valence-electron chi connectivity index (χ3n) is 3.03. The fourth-order valence-electron chi connectivity index (χ4n) is 1.76. The largest absolute Gasteiger partial charge is 0.370 e. The minimum Gasteiger partial charge on any atom is -0.370 e. The first-order valence-electron chi connectivity index (χ1n) is 6.06. The summed E-state index contributed by atoms with van der Waals surface area (Å²) in [7, 11) is 0. The highest BCUT2D eigenvalue weighted by atomic mass is 35.5. The number of halogens is 1. The Labute approximate surface area is 109 Å². The Balaban J connectivity index is 3.02. The Hall–Kier alpha value is -1.20. The van der Waals surface area contributed by atoms with Crippen molar-refractivity contribution in [2.24, 2.45) is 5.92 Å². The molecule has 1 rings (SSSR count). The van der Waals surface area contributed by atoms with Crippen LogP contribution in [0.25, 0.3) is 0 Å². The maximum absolute atomic E-state index is 9.13. The highest BCUT2D eigenvalue weighted by molar-refractivity contribution is 6.30. The Bertz CT molecular complexity index is 409. The molecule has 1 aromatic rings. The van der Waals surface area contributed by atoms with Crippen LogP contribution in [0.2, 0.25) is 5.02 Å². The molecular weight excluding hydrogens is 232 g/mol. The van der Waals surface area contributed by atoms with Crippen LogP contribution in [0.4, 0.5) is 5.69 Å². The number of nitrogens with zero attached hydrogens (tertiary/aromatic N) is 2. The summed E-state index contributed by atoms with van der Waals surface area (Å²) in [5, 5.41) is 9.81. The fourth-order valence-corrected chi connectivity index (χ4v) is 1.93. The number of hydrogen-bond acceptors (Lipinski definition) is 2. The van der Waals surface area contributed by atoms with E-state index in [0.29, 0.717) is 16.5 Å². The molecule has 0 aromatic heterocycles. The highest BCUT2D eigenvalue weighted by Crippen LogP contribution is 2.25. The van der Waals surface area contributed by atoms with Gasteiger partial charge in [-0.25, -0.2) is 0 Å². The first-order valence-corrected chi connectivity index (χ1v) is 6.44. The van der Waals surface area contributed by atoms with Gasteiger partial charge in [0, 0.05) is 18.1 Å². The van der Waals surface area contributed by atoms with Crippen molar-refractivity contribution in [3.63, 3.8) is 0 Å². The fraction of sp³-hybridized carbons (Fsp3) is 0.500. The van der Waals surface area contributed by atoms with Gasteiger partial charge in [-0.3, -0.25) is 0 Å². The summed E-state index contributed by atoms with van der Waals surface area (Å²) < 4.78 is 0. The Morgan fingerprint density at radius 1 is 1.41 bits per heavy atom. The molecule has 0 amide bonds. The highest BCUT2D eigenvalue weighted by Gasteiger charge is 2.12. The zero-order valence-electron chi connectivity index (χ0n) is 10.7. The standard InChI is InChI=1S/C14H19ClN2/c1-4-11(3)10-17(5-2)14-8-13(15)7-6-12(14)9-16/h6-8,11H,4-5,10H2,1-3H3. The van der Waals surface area contributed by atoms with E-state index in [0.717, 1.165) is 25.2 Å². The molecule has 0 aliphatic rings. The third kappa shape index (κ3) is 3.64. The van der Waals surface area contributed by atoms with E-state index in [2.05, 4.69) is 31.7 Å². The van der Waals surface area contributed by atoms with Crippen molar-refractivity contribution in [2.75, 3.05) is 18.0 Å². The molecule has 0 aliphatic carbocycles. The van der Waals surface area contributed by atoms with Crippen LogP contribution in [-0.2, 0) is 0 Å². The molecule has 17 heavy (non-hydrogen) atoms. The SMILES string of the molecule is CCC(C)CN(CC)c1cc(Cl)ccc1C#N. The molecule has 92 valence electrons. The van der Waals surface area contributed by atoms with E-state index in [9.17, 15) is 0 Å². The lowest BCUT2D eigenvalue weighted by atomic mass is 10.1. The maximum Gasteiger partial charge on any atom is 0.101 e. The predicted octanol–water partition coefficient (Wildman–Crippen LogP) is 4.08. The van der Waals surface area contributed by atoms with Gasteiger partial charge in [0.05, 0.1) is 11.3 Å². The average molecular weight is 251 g/mol. The predicted molar refractivity (Wildman–Crippen MR) is 73.5 cm³/mol. The van der Waals surface area contributed by atoms with Gasteiger partial charge >= 0.3 is 0 Å². The van der Waals surface area contributed by atoms with E-state index in [-0.39, 0.29) is 0 Å². The van der Waals surface area contributed by atoms with Crippen LogP contribution in [0.3, 0.4) is 0 Å². The summed E-state index contributed by atoms with van der Waals surface area (Å²) in [6.45, 7) is 8.35. The summed E-state index contributed by atoms with van der Waals surface area (Å²) in [5.74, 6) is 0.612. The first-order chi connectivity index (χ1) is 8.12. The van der Waals surface area contributed by atoms with E-state index >= 15 is 0 Å². The molecule has 1 aromatic carbocycles. The number of hydrogen-bond donors (Lipinski definition) is 0. The van der Waals surface area contributed by atoms with Crippen molar-refractivity contribution < 1.29 is 0 Å². The molecule has 1 unspecified atom stereocenters. The van der Waals surface area contributed by atoms with Gasteiger partial charge in [0.25, 0.3) is 0 Å². The molecule has 1 atom stereocenters. The zero-order valence-corrected chi connectivity index (χ0v) is 11.5. The van der Waals surface area contributed by atoms with Gasteiger partial charge in [-0.05, 0) is 31.0 Å². The lowest BCUT2D eigenvalue weighted by Crippen LogP contribution is -2.28. The molecule has 0 fully saturated rings. The van der Waals surface area contributed by atoms with E-state index < -0.39 is 0 Å². The molecule has 3 heteroatoms. The second-order valence-electron chi connectivity index (χ2n) is 4.33.